The molecule has 2 saturated heterocycles. The van der Waals surface area contributed by atoms with E-state index in [0.29, 0.717) is 0 Å². The van der Waals surface area contributed by atoms with Gasteiger partial charge in [-0.2, -0.15) is 0 Å². The van der Waals surface area contributed by atoms with Crippen LogP contribution in [0.2, 0.25) is 0 Å². The van der Waals surface area contributed by atoms with Crippen LogP contribution in [0.4, 0.5) is 0 Å². The lowest BCUT2D eigenvalue weighted by atomic mass is 9.74. The number of amides is 1. The minimum absolute atomic E-state index is 0.000311. The van der Waals surface area contributed by atoms with Gasteiger partial charge in [0.1, 0.15) is 12.4 Å². The van der Waals surface area contributed by atoms with Crippen LogP contribution in [0, 0.1) is 5.41 Å². The van der Waals surface area contributed by atoms with Crippen molar-refractivity contribution in [1.82, 2.24) is 19.8 Å². The fraction of sp³-hybridized carbons (Fsp3) is 0.765. The summed E-state index contributed by atoms with van der Waals surface area (Å²) in [5, 5.41) is 9.89. The number of aromatic amines is 1. The number of carbonyl (C=O) groups excluding carboxylic acids is 1. The van der Waals surface area contributed by atoms with Gasteiger partial charge in [0, 0.05) is 26.0 Å². The first-order valence-electron chi connectivity index (χ1n) is 8.61. The Morgan fingerprint density at radius 3 is 2.79 bits per heavy atom. The van der Waals surface area contributed by atoms with Gasteiger partial charge in [-0.1, -0.05) is 0 Å². The molecule has 134 valence electrons. The third kappa shape index (κ3) is 3.34. The molecule has 0 saturated carbocycles. The van der Waals surface area contributed by atoms with Crippen LogP contribution in [-0.4, -0.2) is 76.3 Å². The minimum Gasteiger partial charge on any atom is -0.394 e. The molecular weight excluding hydrogens is 308 g/mol. The first-order valence-corrected chi connectivity index (χ1v) is 8.61. The number of aliphatic hydroxyl groups excluding tert-OH is 1. The quantitative estimate of drug-likeness (QED) is 0.824. The number of carbonyl (C=O) groups is 1. The fourth-order valence-corrected chi connectivity index (χ4v) is 4.33. The number of nitrogens with one attached hydrogen (secondary N) is 1. The molecule has 0 aliphatic carbocycles. The number of rotatable bonds is 5. The normalized spacial score (nSPS) is 27.0. The molecule has 2 N–H and O–H groups in total. The Balaban J connectivity index is 1.64. The van der Waals surface area contributed by atoms with E-state index in [4.69, 9.17) is 4.74 Å². The van der Waals surface area contributed by atoms with Gasteiger partial charge < -0.3 is 19.7 Å². The van der Waals surface area contributed by atoms with Crippen LogP contribution in [0.15, 0.2) is 12.4 Å². The molecule has 1 spiro atoms. The average molecular weight is 336 g/mol. The maximum atomic E-state index is 12.4. The highest BCUT2D eigenvalue weighted by molar-refractivity contribution is 5.78. The molecule has 0 bridgehead atoms. The van der Waals surface area contributed by atoms with Gasteiger partial charge in [-0.05, 0) is 44.7 Å². The zero-order chi connectivity index (χ0) is 17.2. The van der Waals surface area contributed by atoms with Crippen molar-refractivity contribution in [1.29, 1.82) is 0 Å². The largest absolute Gasteiger partial charge is 0.394 e. The first kappa shape index (κ1) is 17.4. The third-order valence-corrected chi connectivity index (χ3v) is 5.66. The van der Waals surface area contributed by atoms with Gasteiger partial charge in [0.25, 0.3) is 0 Å². The number of hydrogen-bond donors (Lipinski definition) is 2. The highest BCUT2D eigenvalue weighted by atomic mass is 16.5. The number of piperidine rings is 1. The predicted octanol–water partition coefficient (Wildman–Crippen LogP) is 0.622. The summed E-state index contributed by atoms with van der Waals surface area (Å²) < 4.78 is 5.01. The van der Waals surface area contributed by atoms with Crippen LogP contribution >= 0.6 is 0 Å². The molecule has 0 aromatic carbocycles. The van der Waals surface area contributed by atoms with E-state index in [1.165, 1.54) is 7.11 Å². The molecule has 2 aliphatic heterocycles. The number of aliphatic hydroxyl groups is 1. The van der Waals surface area contributed by atoms with E-state index in [0.717, 1.165) is 51.3 Å². The Kier molecular flexibility index (Phi) is 4.94. The Labute approximate surface area is 143 Å². The van der Waals surface area contributed by atoms with Gasteiger partial charge in [-0.3, -0.25) is 9.69 Å². The second-order valence-corrected chi connectivity index (χ2v) is 7.56. The lowest BCUT2D eigenvalue weighted by molar-refractivity contribution is -0.140. The van der Waals surface area contributed by atoms with Crippen LogP contribution in [-0.2, 0) is 16.1 Å². The molecule has 1 atom stereocenters. The Morgan fingerprint density at radius 1 is 1.46 bits per heavy atom. The van der Waals surface area contributed by atoms with Crippen LogP contribution in [0.5, 0.6) is 0 Å². The van der Waals surface area contributed by atoms with E-state index < -0.39 is 5.54 Å². The van der Waals surface area contributed by atoms with E-state index in [1.54, 1.807) is 6.20 Å². The van der Waals surface area contributed by atoms with Gasteiger partial charge in [0.15, 0.2) is 0 Å². The van der Waals surface area contributed by atoms with Crippen molar-refractivity contribution in [2.24, 2.45) is 5.41 Å². The van der Waals surface area contributed by atoms with E-state index in [1.807, 2.05) is 18.0 Å². The Morgan fingerprint density at radius 2 is 2.21 bits per heavy atom. The summed E-state index contributed by atoms with van der Waals surface area (Å²) in [5.41, 5.74) is -0.362. The second-order valence-electron chi connectivity index (χ2n) is 7.56. The number of methoxy groups -OCH3 is 1. The van der Waals surface area contributed by atoms with Crippen LogP contribution in [0.3, 0.4) is 0 Å². The molecular formula is C17H28N4O3. The molecule has 1 aromatic heterocycles. The van der Waals surface area contributed by atoms with Crippen LogP contribution < -0.4 is 0 Å². The van der Waals surface area contributed by atoms with Gasteiger partial charge in [0.05, 0.1) is 18.7 Å². The number of likely N-dealkylation sites (tertiary alicyclic amines) is 2. The summed E-state index contributed by atoms with van der Waals surface area (Å²) in [6.45, 7) is 5.62. The summed E-state index contributed by atoms with van der Waals surface area (Å²) in [6.07, 6.45) is 6.58. The second kappa shape index (κ2) is 6.82. The van der Waals surface area contributed by atoms with E-state index in [9.17, 15) is 9.90 Å². The van der Waals surface area contributed by atoms with Crippen molar-refractivity contribution in [3.63, 3.8) is 0 Å². The summed E-state index contributed by atoms with van der Waals surface area (Å²) in [4.78, 5) is 24.1. The minimum atomic E-state index is -0.473. The molecule has 7 nitrogen and oxygen atoms in total. The summed E-state index contributed by atoms with van der Waals surface area (Å²) in [7, 11) is 1.53. The van der Waals surface area contributed by atoms with Crippen LogP contribution in [0.1, 0.15) is 32.0 Å². The average Bonchev–Trinajstić information content (AvgIpc) is 3.17. The highest BCUT2D eigenvalue weighted by Crippen LogP contribution is 2.48. The van der Waals surface area contributed by atoms with Crippen molar-refractivity contribution in [2.75, 3.05) is 40.0 Å². The molecule has 1 amide bonds. The Hall–Kier alpha value is -1.44. The van der Waals surface area contributed by atoms with E-state index in [-0.39, 0.29) is 24.5 Å². The van der Waals surface area contributed by atoms with Gasteiger partial charge in [-0.15, -0.1) is 0 Å². The highest BCUT2D eigenvalue weighted by Gasteiger charge is 2.52. The maximum Gasteiger partial charge on any atom is 0.249 e. The van der Waals surface area contributed by atoms with Gasteiger partial charge >= 0.3 is 0 Å². The molecule has 0 unspecified atom stereocenters. The topological polar surface area (TPSA) is 81.7 Å². The predicted molar refractivity (Wildman–Crippen MR) is 89.2 cm³/mol. The zero-order valence-corrected chi connectivity index (χ0v) is 14.6. The van der Waals surface area contributed by atoms with Crippen molar-refractivity contribution >= 4 is 5.91 Å². The Bertz CT molecular complexity index is 554. The third-order valence-electron chi connectivity index (χ3n) is 5.66. The number of ether oxygens (including phenoxy) is 1. The van der Waals surface area contributed by atoms with E-state index in [2.05, 4.69) is 14.9 Å². The monoisotopic (exact) mass is 336 g/mol. The number of H-pyrrole nitrogens is 1. The molecule has 3 rings (SSSR count). The van der Waals surface area contributed by atoms with Crippen molar-refractivity contribution < 1.29 is 14.6 Å². The maximum absolute atomic E-state index is 12.4. The fourth-order valence-electron chi connectivity index (χ4n) is 4.33. The molecule has 24 heavy (non-hydrogen) atoms. The molecule has 3 heterocycles. The molecule has 0 radical (unpaired) electrons. The lowest BCUT2D eigenvalue weighted by Gasteiger charge is -2.39. The summed E-state index contributed by atoms with van der Waals surface area (Å²) in [5.74, 6) is 0.971. The first-order chi connectivity index (χ1) is 11.5. The number of aromatic nitrogens is 2. The van der Waals surface area contributed by atoms with Crippen LogP contribution in [0.25, 0.3) is 0 Å². The van der Waals surface area contributed by atoms with Crippen molar-refractivity contribution in [2.45, 2.75) is 38.3 Å². The molecule has 7 heteroatoms. The molecule has 1 aromatic rings. The summed E-state index contributed by atoms with van der Waals surface area (Å²) in [6, 6.07) is 0. The zero-order valence-electron chi connectivity index (χ0n) is 14.6. The molecule has 2 aliphatic rings. The standard InChI is InChI=1S/C17H28N4O3/c1-16(13-22)11-17(12-21(16)15(23)10-24-2)3-7-20(8-4-17)9-14-18-5-6-19-14/h5-6,22H,3-4,7-13H2,1-2H3,(H,18,19)/t16-/m0/s1. The van der Waals surface area contributed by atoms with Crippen molar-refractivity contribution in [3.05, 3.63) is 18.2 Å². The number of nitrogens with zero attached hydrogens (tertiary/aromatic N) is 3. The van der Waals surface area contributed by atoms with E-state index >= 15 is 0 Å². The summed E-state index contributed by atoms with van der Waals surface area (Å²) >= 11 is 0. The SMILES string of the molecule is COCC(=O)N1CC2(CCN(Cc3ncc[nH]3)CC2)C[C@@]1(C)CO. The van der Waals surface area contributed by atoms with Crippen molar-refractivity contribution in [3.8, 4) is 0 Å². The molecule has 2 fully saturated rings. The number of hydrogen-bond acceptors (Lipinski definition) is 5. The lowest BCUT2D eigenvalue weighted by Crippen LogP contribution is -2.49. The van der Waals surface area contributed by atoms with Gasteiger partial charge in [-0.25, -0.2) is 4.98 Å². The van der Waals surface area contributed by atoms with Gasteiger partial charge in [0.2, 0.25) is 5.91 Å². The smallest absolute Gasteiger partial charge is 0.249 e. The number of imidazole rings is 1.